The minimum Gasteiger partial charge on any atom is -0.371 e. The number of ether oxygens (including phenoxy) is 1. The van der Waals surface area contributed by atoms with Crippen LogP contribution in [0.1, 0.15) is 12.8 Å². The highest BCUT2D eigenvalue weighted by Crippen LogP contribution is 2.35. The van der Waals surface area contributed by atoms with E-state index in [4.69, 9.17) is 0 Å². The van der Waals surface area contributed by atoms with Crippen molar-refractivity contribution >= 4 is 12.4 Å². The molecule has 0 aromatic rings. The molecule has 0 saturated carbocycles. The average Bonchev–Trinajstić information content (AvgIpc) is 2.84. The van der Waals surface area contributed by atoms with Gasteiger partial charge in [-0.2, -0.15) is 13.2 Å². The van der Waals surface area contributed by atoms with Crippen LogP contribution >= 0.6 is 12.4 Å². The third-order valence-corrected chi connectivity index (χ3v) is 3.67. The Morgan fingerprint density at radius 3 is 2.67 bits per heavy atom. The minimum absolute atomic E-state index is 0. The van der Waals surface area contributed by atoms with Crippen LogP contribution in [0.4, 0.5) is 13.2 Å². The smallest absolute Gasteiger partial charge is 0.371 e. The highest BCUT2D eigenvalue weighted by Gasteiger charge is 2.39. The van der Waals surface area contributed by atoms with Crippen molar-refractivity contribution in [1.82, 2.24) is 10.2 Å². The molecule has 18 heavy (non-hydrogen) atoms. The molecule has 1 spiro atoms. The number of nitrogens with one attached hydrogen (secondary N) is 1. The van der Waals surface area contributed by atoms with E-state index in [9.17, 15) is 13.2 Å². The minimum atomic E-state index is -4.21. The van der Waals surface area contributed by atoms with Gasteiger partial charge in [-0.05, 0) is 31.3 Å². The van der Waals surface area contributed by atoms with Crippen molar-refractivity contribution in [2.45, 2.75) is 19.0 Å². The highest BCUT2D eigenvalue weighted by molar-refractivity contribution is 5.85. The Labute approximate surface area is 111 Å². The molecule has 108 valence electrons. The summed E-state index contributed by atoms with van der Waals surface area (Å²) in [5.41, 5.74) is 0.379. The first kappa shape index (κ1) is 16.0. The van der Waals surface area contributed by atoms with E-state index in [-0.39, 0.29) is 19.0 Å². The second-order valence-corrected chi connectivity index (χ2v) is 5.12. The molecule has 0 aliphatic carbocycles. The maximum atomic E-state index is 11.8. The van der Waals surface area contributed by atoms with Gasteiger partial charge in [0.05, 0.1) is 6.61 Å². The predicted molar refractivity (Wildman–Crippen MR) is 65.1 cm³/mol. The van der Waals surface area contributed by atoms with Crippen LogP contribution in [0.3, 0.4) is 0 Å². The number of halogens is 4. The van der Waals surface area contributed by atoms with Crippen molar-refractivity contribution < 1.29 is 17.9 Å². The predicted octanol–water partition coefficient (Wildman–Crippen LogP) is 1.67. The van der Waals surface area contributed by atoms with Crippen LogP contribution in [-0.4, -0.2) is 57.0 Å². The number of nitrogens with zero attached hydrogens (tertiary/aromatic N) is 1. The summed E-state index contributed by atoms with van der Waals surface area (Å²) in [4.78, 5) is 2.21. The van der Waals surface area contributed by atoms with Crippen molar-refractivity contribution in [2.75, 3.05) is 45.9 Å². The summed E-state index contributed by atoms with van der Waals surface area (Å²) in [6, 6.07) is 0. The van der Waals surface area contributed by atoms with Gasteiger partial charge in [-0.3, -0.25) is 0 Å². The Kier molecular flexibility index (Phi) is 5.70. The van der Waals surface area contributed by atoms with E-state index >= 15 is 0 Å². The van der Waals surface area contributed by atoms with Crippen LogP contribution in [0.15, 0.2) is 0 Å². The van der Waals surface area contributed by atoms with Crippen molar-refractivity contribution in [2.24, 2.45) is 5.41 Å². The van der Waals surface area contributed by atoms with Gasteiger partial charge in [-0.1, -0.05) is 0 Å². The molecule has 2 saturated heterocycles. The molecule has 2 fully saturated rings. The summed E-state index contributed by atoms with van der Waals surface area (Å²) < 4.78 is 40.2. The van der Waals surface area contributed by atoms with Gasteiger partial charge in [0.15, 0.2) is 0 Å². The van der Waals surface area contributed by atoms with E-state index in [1.165, 1.54) is 6.42 Å². The first-order valence-corrected chi connectivity index (χ1v) is 6.07. The zero-order valence-electron chi connectivity index (χ0n) is 10.3. The Balaban J connectivity index is 0.00000162. The van der Waals surface area contributed by atoms with Crippen molar-refractivity contribution in [1.29, 1.82) is 0 Å². The first-order chi connectivity index (χ1) is 7.99. The zero-order chi connectivity index (χ0) is 12.4. The zero-order valence-corrected chi connectivity index (χ0v) is 11.1. The summed E-state index contributed by atoms with van der Waals surface area (Å²) in [6.45, 7) is 3.74. The standard InChI is InChI=1S/C11H19F3N2O.ClH/c12-11(13,14)9-17-6-5-16-4-2-10(8-16)1-3-15-7-10;/h15H,1-9H2;1H. The normalized spacial score (nSPS) is 28.8. The first-order valence-electron chi connectivity index (χ1n) is 6.07. The number of hydrogen-bond acceptors (Lipinski definition) is 3. The molecule has 0 bridgehead atoms. The lowest BCUT2D eigenvalue weighted by molar-refractivity contribution is -0.174. The third-order valence-electron chi connectivity index (χ3n) is 3.67. The summed E-state index contributed by atoms with van der Waals surface area (Å²) in [5, 5.41) is 3.36. The molecular weight excluding hydrogens is 269 g/mol. The molecule has 2 aliphatic rings. The Morgan fingerprint density at radius 2 is 2.06 bits per heavy atom. The summed E-state index contributed by atoms with van der Waals surface area (Å²) >= 11 is 0. The molecule has 3 nitrogen and oxygen atoms in total. The van der Waals surface area contributed by atoms with Crippen LogP contribution in [0.5, 0.6) is 0 Å². The van der Waals surface area contributed by atoms with Crippen LogP contribution in [0.2, 0.25) is 0 Å². The molecule has 0 aromatic carbocycles. The van der Waals surface area contributed by atoms with Gasteiger partial charge in [0.1, 0.15) is 6.61 Å². The molecule has 2 aliphatic heterocycles. The van der Waals surface area contributed by atoms with Gasteiger partial charge in [0, 0.05) is 19.6 Å². The van der Waals surface area contributed by atoms with Crippen molar-refractivity contribution in [3.63, 3.8) is 0 Å². The maximum absolute atomic E-state index is 11.8. The molecule has 1 unspecified atom stereocenters. The molecule has 0 aromatic heterocycles. The largest absolute Gasteiger partial charge is 0.411 e. The number of likely N-dealkylation sites (tertiary alicyclic amines) is 1. The molecule has 2 heterocycles. The van der Waals surface area contributed by atoms with Crippen LogP contribution in [-0.2, 0) is 4.74 Å². The summed E-state index contributed by atoms with van der Waals surface area (Å²) in [6.07, 6.45) is -1.87. The monoisotopic (exact) mass is 288 g/mol. The summed E-state index contributed by atoms with van der Waals surface area (Å²) in [7, 11) is 0. The number of alkyl halides is 3. The van der Waals surface area contributed by atoms with Crippen molar-refractivity contribution in [3.05, 3.63) is 0 Å². The van der Waals surface area contributed by atoms with Crippen molar-refractivity contribution in [3.8, 4) is 0 Å². The lowest BCUT2D eigenvalue weighted by Crippen LogP contribution is -2.31. The molecule has 0 radical (unpaired) electrons. The molecule has 2 rings (SSSR count). The molecular formula is C11H20ClF3N2O. The lowest BCUT2D eigenvalue weighted by atomic mass is 9.87. The van der Waals surface area contributed by atoms with Gasteiger partial charge in [-0.15, -0.1) is 12.4 Å². The van der Waals surface area contributed by atoms with Gasteiger partial charge < -0.3 is 15.0 Å². The van der Waals surface area contributed by atoms with Crippen LogP contribution < -0.4 is 5.32 Å². The second-order valence-electron chi connectivity index (χ2n) is 5.12. The van der Waals surface area contributed by atoms with Gasteiger partial charge in [0.2, 0.25) is 0 Å². The van der Waals surface area contributed by atoms with E-state index in [1.54, 1.807) is 0 Å². The fraction of sp³-hybridized carbons (Fsp3) is 1.00. The number of hydrogen-bond donors (Lipinski definition) is 1. The highest BCUT2D eigenvalue weighted by atomic mass is 35.5. The maximum Gasteiger partial charge on any atom is 0.411 e. The molecule has 0 amide bonds. The SMILES string of the molecule is Cl.FC(F)(F)COCCN1CCC2(CCNC2)C1. The van der Waals surface area contributed by atoms with Gasteiger partial charge in [-0.25, -0.2) is 0 Å². The van der Waals surface area contributed by atoms with E-state index in [2.05, 4.69) is 15.0 Å². The van der Waals surface area contributed by atoms with Gasteiger partial charge >= 0.3 is 6.18 Å². The van der Waals surface area contributed by atoms with Gasteiger partial charge in [0.25, 0.3) is 0 Å². The third kappa shape index (κ3) is 4.57. The fourth-order valence-electron chi connectivity index (χ4n) is 2.74. The number of rotatable bonds is 4. The Hall–Kier alpha value is -0.0400. The topological polar surface area (TPSA) is 24.5 Å². The molecule has 1 N–H and O–H groups in total. The van der Waals surface area contributed by atoms with Crippen LogP contribution in [0, 0.1) is 5.41 Å². The second kappa shape index (κ2) is 6.41. The lowest BCUT2D eigenvalue weighted by Gasteiger charge is -2.22. The van der Waals surface area contributed by atoms with E-state index < -0.39 is 12.8 Å². The molecule has 7 heteroatoms. The Bertz CT molecular complexity index is 257. The fourth-order valence-corrected chi connectivity index (χ4v) is 2.74. The Morgan fingerprint density at radius 1 is 1.28 bits per heavy atom. The van der Waals surface area contributed by atoms with Crippen LogP contribution in [0.25, 0.3) is 0 Å². The van der Waals surface area contributed by atoms with E-state index in [0.29, 0.717) is 12.0 Å². The summed E-state index contributed by atoms with van der Waals surface area (Å²) in [5.74, 6) is 0. The quantitative estimate of drug-likeness (QED) is 0.797. The van der Waals surface area contributed by atoms with E-state index in [0.717, 1.165) is 32.6 Å². The molecule has 1 atom stereocenters. The van der Waals surface area contributed by atoms with E-state index in [1.807, 2.05) is 0 Å². The average molecular weight is 289 g/mol.